The molecule has 102 valence electrons. The van der Waals surface area contributed by atoms with Gasteiger partial charge in [-0.2, -0.15) is 0 Å². The summed E-state index contributed by atoms with van der Waals surface area (Å²) >= 11 is 3.07. The summed E-state index contributed by atoms with van der Waals surface area (Å²) in [6, 6.07) is 3.40. The van der Waals surface area contributed by atoms with E-state index in [1.807, 2.05) is 20.8 Å². The molecule has 1 aromatic rings. The number of hydrogen-bond acceptors (Lipinski definition) is 2. The van der Waals surface area contributed by atoms with Gasteiger partial charge >= 0.3 is 0 Å². The highest BCUT2D eigenvalue weighted by atomic mass is 79.9. The van der Waals surface area contributed by atoms with Gasteiger partial charge in [0.1, 0.15) is 5.82 Å². The van der Waals surface area contributed by atoms with Gasteiger partial charge < -0.3 is 0 Å². The van der Waals surface area contributed by atoms with E-state index in [-0.39, 0.29) is 21.3 Å². The average Bonchev–Trinajstić information content (AvgIpc) is 2.24. The Kier molecular flexibility index (Phi) is 5.31. The third kappa shape index (κ3) is 3.76. The second-order valence-electron chi connectivity index (χ2n) is 4.45. The van der Waals surface area contributed by atoms with E-state index < -0.39 is 15.8 Å². The number of nitrogens with one attached hydrogen (secondary N) is 1. The molecule has 1 atom stereocenters. The van der Waals surface area contributed by atoms with E-state index >= 15 is 0 Å². The first-order chi connectivity index (χ1) is 8.27. The summed E-state index contributed by atoms with van der Waals surface area (Å²) in [5, 5.41) is 0. The molecule has 0 bridgehead atoms. The molecule has 3 nitrogen and oxygen atoms in total. The molecule has 0 fully saturated rings. The Bertz CT molecular complexity index is 517. The monoisotopic (exact) mass is 337 g/mol. The van der Waals surface area contributed by atoms with Crippen molar-refractivity contribution in [1.29, 1.82) is 0 Å². The Hall–Kier alpha value is -0.460. The molecule has 0 saturated carbocycles. The summed E-state index contributed by atoms with van der Waals surface area (Å²) in [4.78, 5) is 0.0583. The highest BCUT2D eigenvalue weighted by Crippen LogP contribution is 2.23. The van der Waals surface area contributed by atoms with E-state index in [2.05, 4.69) is 20.7 Å². The van der Waals surface area contributed by atoms with Gasteiger partial charge in [-0.1, -0.05) is 20.8 Å². The summed E-state index contributed by atoms with van der Waals surface area (Å²) in [5.41, 5.74) is 0. The molecular weight excluding hydrogens is 321 g/mol. The van der Waals surface area contributed by atoms with Crippen molar-refractivity contribution in [2.75, 3.05) is 0 Å². The van der Waals surface area contributed by atoms with Gasteiger partial charge in [0.25, 0.3) is 0 Å². The van der Waals surface area contributed by atoms with E-state index in [1.165, 1.54) is 6.07 Å². The Morgan fingerprint density at radius 2 is 2.00 bits per heavy atom. The van der Waals surface area contributed by atoms with Crippen LogP contribution in [0.1, 0.15) is 27.2 Å². The predicted molar refractivity (Wildman–Crippen MR) is 73.3 cm³/mol. The van der Waals surface area contributed by atoms with Crippen molar-refractivity contribution in [2.45, 2.75) is 38.1 Å². The predicted octanol–water partition coefficient (Wildman–Crippen LogP) is 3.30. The number of rotatable bonds is 5. The molecule has 0 amide bonds. The Morgan fingerprint density at radius 3 is 2.44 bits per heavy atom. The molecule has 18 heavy (non-hydrogen) atoms. The fourth-order valence-electron chi connectivity index (χ4n) is 1.65. The molecule has 1 aromatic carbocycles. The van der Waals surface area contributed by atoms with Crippen LogP contribution in [0.2, 0.25) is 0 Å². The quantitative estimate of drug-likeness (QED) is 0.895. The van der Waals surface area contributed by atoms with Crippen molar-refractivity contribution in [3.8, 4) is 0 Å². The van der Waals surface area contributed by atoms with Crippen molar-refractivity contribution in [3.05, 3.63) is 28.5 Å². The Morgan fingerprint density at radius 1 is 1.39 bits per heavy atom. The average molecular weight is 338 g/mol. The van der Waals surface area contributed by atoms with Crippen LogP contribution in [0.25, 0.3) is 0 Å². The van der Waals surface area contributed by atoms with Crippen molar-refractivity contribution in [3.63, 3.8) is 0 Å². The van der Waals surface area contributed by atoms with E-state index in [0.29, 0.717) is 6.42 Å². The van der Waals surface area contributed by atoms with Crippen molar-refractivity contribution >= 4 is 26.0 Å². The summed E-state index contributed by atoms with van der Waals surface area (Å²) < 4.78 is 40.2. The standard InChI is InChI=1S/C12H17BrFNO2S/c1-4-11(8(2)3)15-18(16,17)12-6-5-9(14)7-10(12)13/h5-8,11,15H,4H2,1-3H3. The molecule has 0 radical (unpaired) electrons. The molecule has 0 aromatic heterocycles. The highest BCUT2D eigenvalue weighted by Gasteiger charge is 2.23. The van der Waals surface area contributed by atoms with Gasteiger partial charge in [0, 0.05) is 10.5 Å². The number of halogens is 2. The first-order valence-electron chi connectivity index (χ1n) is 5.75. The molecule has 0 heterocycles. The van der Waals surface area contributed by atoms with Crippen molar-refractivity contribution in [2.24, 2.45) is 5.92 Å². The SMILES string of the molecule is CCC(NS(=O)(=O)c1ccc(F)cc1Br)C(C)C. The summed E-state index contributed by atoms with van der Waals surface area (Å²) in [5.74, 6) is -0.277. The summed E-state index contributed by atoms with van der Waals surface area (Å²) in [6.07, 6.45) is 0.704. The Balaban J connectivity index is 3.06. The van der Waals surface area contributed by atoms with E-state index in [9.17, 15) is 12.8 Å². The number of benzene rings is 1. The summed E-state index contributed by atoms with van der Waals surface area (Å²) in [7, 11) is -3.63. The normalized spacial score (nSPS) is 13.9. The molecule has 1 unspecified atom stereocenters. The maximum absolute atomic E-state index is 12.9. The van der Waals surface area contributed by atoms with Crippen LogP contribution in [0.3, 0.4) is 0 Å². The minimum Gasteiger partial charge on any atom is -0.208 e. The van der Waals surface area contributed by atoms with Gasteiger partial charge in [0.15, 0.2) is 0 Å². The largest absolute Gasteiger partial charge is 0.241 e. The lowest BCUT2D eigenvalue weighted by molar-refractivity contribution is 0.437. The van der Waals surface area contributed by atoms with Crippen LogP contribution >= 0.6 is 15.9 Å². The topological polar surface area (TPSA) is 46.2 Å². The van der Waals surface area contributed by atoms with Crippen LogP contribution in [0, 0.1) is 11.7 Å². The minimum atomic E-state index is -3.63. The van der Waals surface area contributed by atoms with Gasteiger partial charge in [-0.15, -0.1) is 0 Å². The molecule has 0 spiro atoms. The maximum atomic E-state index is 12.9. The van der Waals surface area contributed by atoms with Crippen LogP contribution in [0.4, 0.5) is 4.39 Å². The fraction of sp³-hybridized carbons (Fsp3) is 0.500. The smallest absolute Gasteiger partial charge is 0.208 e. The molecule has 0 aliphatic carbocycles. The van der Waals surface area contributed by atoms with Crippen LogP contribution in [0.15, 0.2) is 27.6 Å². The lowest BCUT2D eigenvalue weighted by Crippen LogP contribution is -2.38. The van der Waals surface area contributed by atoms with Gasteiger partial charge in [-0.05, 0) is 46.5 Å². The van der Waals surface area contributed by atoms with Crippen LogP contribution in [-0.2, 0) is 10.0 Å². The van der Waals surface area contributed by atoms with Crippen molar-refractivity contribution < 1.29 is 12.8 Å². The van der Waals surface area contributed by atoms with E-state index in [4.69, 9.17) is 0 Å². The minimum absolute atomic E-state index is 0.0583. The van der Waals surface area contributed by atoms with Crippen LogP contribution in [0.5, 0.6) is 0 Å². The zero-order valence-electron chi connectivity index (χ0n) is 10.6. The first-order valence-corrected chi connectivity index (χ1v) is 8.03. The van der Waals surface area contributed by atoms with Crippen LogP contribution in [-0.4, -0.2) is 14.5 Å². The highest BCUT2D eigenvalue weighted by molar-refractivity contribution is 9.10. The molecule has 1 rings (SSSR count). The second-order valence-corrected chi connectivity index (χ2v) is 6.99. The van der Waals surface area contributed by atoms with E-state index in [1.54, 1.807) is 0 Å². The summed E-state index contributed by atoms with van der Waals surface area (Å²) in [6.45, 7) is 5.83. The molecule has 0 aliphatic heterocycles. The zero-order valence-corrected chi connectivity index (χ0v) is 13.0. The first kappa shape index (κ1) is 15.6. The second kappa shape index (κ2) is 6.12. The number of hydrogen-bond donors (Lipinski definition) is 1. The van der Waals surface area contributed by atoms with Gasteiger partial charge in [-0.25, -0.2) is 17.5 Å². The molecular formula is C12H17BrFNO2S. The third-order valence-corrected chi connectivity index (χ3v) is 5.20. The van der Waals surface area contributed by atoms with E-state index in [0.717, 1.165) is 12.1 Å². The maximum Gasteiger partial charge on any atom is 0.241 e. The Labute approximate surface area is 116 Å². The molecule has 0 aliphatic rings. The molecule has 0 saturated heterocycles. The number of sulfonamides is 1. The molecule has 1 N–H and O–H groups in total. The fourth-order valence-corrected chi connectivity index (χ4v) is 4.16. The molecule has 6 heteroatoms. The lowest BCUT2D eigenvalue weighted by Gasteiger charge is -2.21. The van der Waals surface area contributed by atoms with Gasteiger partial charge in [0.05, 0.1) is 4.90 Å². The van der Waals surface area contributed by atoms with Crippen molar-refractivity contribution in [1.82, 2.24) is 4.72 Å². The van der Waals surface area contributed by atoms with Gasteiger partial charge in [0.2, 0.25) is 10.0 Å². The lowest BCUT2D eigenvalue weighted by atomic mass is 10.0. The third-order valence-electron chi connectivity index (χ3n) is 2.73. The van der Waals surface area contributed by atoms with Gasteiger partial charge in [-0.3, -0.25) is 0 Å². The van der Waals surface area contributed by atoms with Crippen LogP contribution < -0.4 is 4.72 Å². The zero-order chi connectivity index (χ0) is 13.9.